The van der Waals surface area contributed by atoms with Crippen LogP contribution in [0.3, 0.4) is 0 Å². The van der Waals surface area contributed by atoms with Crippen LogP contribution in [-0.4, -0.2) is 21.3 Å². The average Bonchev–Trinajstić information content (AvgIpc) is 3.19. The third-order valence-electron chi connectivity index (χ3n) is 4.56. The van der Waals surface area contributed by atoms with Crippen LogP contribution < -0.4 is 11.1 Å². The minimum absolute atomic E-state index is 0.0336. The lowest BCUT2D eigenvalue weighted by atomic mass is 10.1. The molecule has 1 heterocycles. The number of benzene rings is 2. The largest absolute Gasteiger partial charge is 0.382 e. The first-order valence-electron chi connectivity index (χ1n) is 8.60. The number of carbonyl (C=O) groups excluding carboxylic acids is 2. The van der Waals surface area contributed by atoms with Crippen LogP contribution in [0.25, 0.3) is 5.70 Å². The summed E-state index contributed by atoms with van der Waals surface area (Å²) in [5.74, 6) is -1.28. The van der Waals surface area contributed by atoms with Crippen LogP contribution in [0.4, 0.5) is 17.3 Å². The standard InChI is InChI=1S/C21H11ClN6O2/c22-11-5-7-12(8-6-11)26-21-15(9-23)20(25)28(27-21)16(10-24)17-18(29)13-3-1-2-4-14(13)19(17)30/h1-8H,25H2,(H,26,27). The second-order valence-corrected chi connectivity index (χ2v) is 6.74. The maximum atomic E-state index is 12.8. The molecule has 0 fully saturated rings. The summed E-state index contributed by atoms with van der Waals surface area (Å²) >= 11 is 5.88. The summed E-state index contributed by atoms with van der Waals surface area (Å²) < 4.78 is 0.938. The third-order valence-corrected chi connectivity index (χ3v) is 4.82. The van der Waals surface area contributed by atoms with E-state index in [4.69, 9.17) is 17.3 Å². The number of rotatable bonds is 3. The molecule has 0 amide bonds. The lowest BCUT2D eigenvalue weighted by Crippen LogP contribution is -2.12. The molecule has 0 spiro atoms. The Bertz CT molecular complexity index is 1300. The first kappa shape index (κ1) is 18.9. The number of hydrogen-bond donors (Lipinski definition) is 2. The number of anilines is 3. The van der Waals surface area contributed by atoms with E-state index in [9.17, 15) is 20.1 Å². The van der Waals surface area contributed by atoms with Gasteiger partial charge in [0.2, 0.25) is 11.6 Å². The van der Waals surface area contributed by atoms with Gasteiger partial charge in [-0.3, -0.25) is 9.59 Å². The predicted octanol–water partition coefficient (Wildman–Crippen LogP) is 3.55. The van der Waals surface area contributed by atoms with Crippen LogP contribution in [0.2, 0.25) is 5.02 Å². The molecule has 0 aliphatic heterocycles. The van der Waals surface area contributed by atoms with Gasteiger partial charge in [0, 0.05) is 21.8 Å². The molecule has 4 rings (SSSR count). The molecule has 9 heteroatoms. The van der Waals surface area contributed by atoms with Gasteiger partial charge in [0.05, 0.1) is 0 Å². The maximum absolute atomic E-state index is 12.8. The first-order chi connectivity index (χ1) is 14.5. The molecule has 0 bridgehead atoms. The maximum Gasteiger partial charge on any atom is 0.200 e. The minimum Gasteiger partial charge on any atom is -0.382 e. The topological polar surface area (TPSA) is 138 Å². The van der Waals surface area contributed by atoms with Crippen molar-refractivity contribution in [3.05, 3.63) is 75.8 Å². The van der Waals surface area contributed by atoms with E-state index < -0.39 is 11.6 Å². The molecule has 0 atom stereocenters. The molecule has 144 valence electrons. The summed E-state index contributed by atoms with van der Waals surface area (Å²) in [4.78, 5) is 25.5. The van der Waals surface area contributed by atoms with Gasteiger partial charge in [0.1, 0.15) is 29.1 Å². The van der Waals surface area contributed by atoms with Crippen LogP contribution in [0.15, 0.2) is 54.1 Å². The summed E-state index contributed by atoms with van der Waals surface area (Å²) in [6, 6.07) is 16.7. The summed E-state index contributed by atoms with van der Waals surface area (Å²) in [6.07, 6.45) is 0. The first-order valence-corrected chi connectivity index (χ1v) is 8.98. The van der Waals surface area contributed by atoms with Gasteiger partial charge in [-0.2, -0.15) is 10.5 Å². The number of hydrogen-bond acceptors (Lipinski definition) is 7. The number of nitrogens with one attached hydrogen (secondary N) is 1. The lowest BCUT2D eigenvalue weighted by molar-refractivity contribution is 0.0989. The number of nitrogens with two attached hydrogens (primary N) is 1. The number of allylic oxidation sites excluding steroid dienone is 2. The molecule has 0 saturated heterocycles. The van der Waals surface area contributed by atoms with E-state index in [0.29, 0.717) is 10.7 Å². The number of nitriles is 2. The van der Waals surface area contributed by atoms with Crippen molar-refractivity contribution < 1.29 is 9.59 Å². The Hall–Kier alpha value is -4.40. The summed E-state index contributed by atoms with van der Waals surface area (Å²) in [7, 11) is 0. The quantitative estimate of drug-likeness (QED) is 0.379. The average molecular weight is 415 g/mol. The number of nitrogens with zero attached hydrogens (tertiary/aromatic N) is 4. The zero-order valence-corrected chi connectivity index (χ0v) is 15.9. The van der Waals surface area contributed by atoms with Gasteiger partial charge in [-0.05, 0) is 24.3 Å². The lowest BCUT2D eigenvalue weighted by Gasteiger charge is -2.04. The minimum atomic E-state index is -0.590. The zero-order chi connectivity index (χ0) is 21.4. The number of ketones is 2. The van der Waals surface area contributed by atoms with Crippen molar-refractivity contribution in [2.45, 2.75) is 0 Å². The van der Waals surface area contributed by atoms with E-state index in [0.717, 1.165) is 4.68 Å². The van der Waals surface area contributed by atoms with Crippen molar-refractivity contribution in [1.82, 2.24) is 9.78 Å². The Morgan fingerprint density at radius 1 is 1.03 bits per heavy atom. The molecule has 8 nitrogen and oxygen atoms in total. The van der Waals surface area contributed by atoms with Crippen LogP contribution in [0.1, 0.15) is 26.3 Å². The second kappa shape index (κ2) is 7.21. The van der Waals surface area contributed by atoms with Gasteiger partial charge in [-0.15, -0.1) is 5.10 Å². The van der Waals surface area contributed by atoms with Crippen molar-refractivity contribution in [2.75, 3.05) is 11.1 Å². The highest BCUT2D eigenvalue weighted by Crippen LogP contribution is 2.33. The highest BCUT2D eigenvalue weighted by molar-refractivity contribution is 6.42. The van der Waals surface area contributed by atoms with E-state index >= 15 is 0 Å². The molecule has 0 saturated carbocycles. The molecule has 1 aliphatic rings. The number of carbonyl (C=O) groups is 2. The number of Topliss-reactive ketones (excluding diaryl/α,β-unsaturated/α-hetero) is 2. The van der Waals surface area contributed by atoms with E-state index in [1.165, 1.54) is 12.1 Å². The van der Waals surface area contributed by atoms with Crippen molar-refractivity contribution in [3.8, 4) is 12.1 Å². The summed E-state index contributed by atoms with van der Waals surface area (Å²) in [5.41, 5.74) is 6.31. The molecule has 2 aromatic carbocycles. The van der Waals surface area contributed by atoms with Crippen LogP contribution >= 0.6 is 11.6 Å². The Morgan fingerprint density at radius 2 is 1.63 bits per heavy atom. The Labute approximate surface area is 175 Å². The summed E-state index contributed by atoms with van der Waals surface area (Å²) in [6.45, 7) is 0. The zero-order valence-electron chi connectivity index (χ0n) is 15.2. The molecule has 0 radical (unpaired) electrons. The van der Waals surface area contributed by atoms with E-state index in [2.05, 4.69) is 10.4 Å². The van der Waals surface area contributed by atoms with Gasteiger partial charge in [-0.25, -0.2) is 4.68 Å². The SMILES string of the molecule is N#CC(=C1C(=O)c2ccccc2C1=O)n1nc(Nc2ccc(Cl)cc2)c(C#N)c1N. The van der Waals surface area contributed by atoms with E-state index in [1.54, 1.807) is 36.4 Å². The second-order valence-electron chi connectivity index (χ2n) is 6.30. The molecule has 0 unspecified atom stereocenters. The fourth-order valence-corrected chi connectivity index (χ4v) is 3.27. The van der Waals surface area contributed by atoms with Crippen molar-refractivity contribution >= 4 is 46.2 Å². The fourth-order valence-electron chi connectivity index (χ4n) is 3.15. The van der Waals surface area contributed by atoms with Crippen molar-refractivity contribution in [3.63, 3.8) is 0 Å². The normalized spacial score (nSPS) is 12.3. The highest BCUT2D eigenvalue weighted by atomic mass is 35.5. The van der Waals surface area contributed by atoms with Gasteiger partial charge in [-0.1, -0.05) is 35.9 Å². The number of aromatic nitrogens is 2. The Balaban J connectivity index is 1.85. The number of halogens is 1. The Kier molecular flexibility index (Phi) is 4.55. The molecular formula is C21H11ClN6O2. The smallest absolute Gasteiger partial charge is 0.200 e. The Morgan fingerprint density at radius 3 is 2.17 bits per heavy atom. The van der Waals surface area contributed by atoms with E-state index in [-0.39, 0.29) is 39.6 Å². The molecule has 3 aromatic rings. The predicted molar refractivity (Wildman–Crippen MR) is 110 cm³/mol. The van der Waals surface area contributed by atoms with E-state index in [1.807, 2.05) is 12.1 Å². The monoisotopic (exact) mass is 414 g/mol. The number of nitrogen functional groups attached to an aromatic ring is 1. The van der Waals surface area contributed by atoms with Crippen LogP contribution in [0.5, 0.6) is 0 Å². The van der Waals surface area contributed by atoms with Gasteiger partial charge in [0.15, 0.2) is 11.5 Å². The van der Waals surface area contributed by atoms with Gasteiger partial charge >= 0.3 is 0 Å². The molecular weight excluding hydrogens is 404 g/mol. The van der Waals surface area contributed by atoms with Crippen LogP contribution in [0, 0.1) is 22.7 Å². The van der Waals surface area contributed by atoms with Gasteiger partial charge in [0.25, 0.3) is 0 Å². The van der Waals surface area contributed by atoms with Crippen LogP contribution in [-0.2, 0) is 0 Å². The molecule has 30 heavy (non-hydrogen) atoms. The molecule has 1 aliphatic carbocycles. The van der Waals surface area contributed by atoms with Crippen molar-refractivity contribution in [1.29, 1.82) is 10.5 Å². The number of fused-ring (bicyclic) bond motifs is 1. The summed E-state index contributed by atoms with van der Waals surface area (Å²) in [5, 5.41) is 26.9. The van der Waals surface area contributed by atoms with Gasteiger partial charge < -0.3 is 11.1 Å². The highest BCUT2D eigenvalue weighted by Gasteiger charge is 2.37. The van der Waals surface area contributed by atoms with Crippen molar-refractivity contribution in [2.24, 2.45) is 0 Å². The third kappa shape index (κ3) is 2.89. The molecule has 3 N–H and O–H groups in total. The fraction of sp³-hybridized carbons (Fsp3) is 0. The molecule has 1 aromatic heterocycles.